The van der Waals surface area contributed by atoms with E-state index in [4.69, 9.17) is 10.5 Å². The first-order valence-corrected chi connectivity index (χ1v) is 8.39. The molecule has 6 nitrogen and oxygen atoms in total. The second-order valence-corrected chi connectivity index (χ2v) is 6.11. The summed E-state index contributed by atoms with van der Waals surface area (Å²) >= 11 is 0. The summed E-state index contributed by atoms with van der Waals surface area (Å²) in [6, 6.07) is 10.4. The van der Waals surface area contributed by atoms with Gasteiger partial charge in [0.1, 0.15) is 5.82 Å². The number of carbonyl (C=O) groups excluding carboxylic acids is 2. The van der Waals surface area contributed by atoms with Crippen molar-refractivity contribution in [1.29, 1.82) is 0 Å². The SMILES string of the molecule is NC(=O)c1ccc(C(=O)Nc2ccc(NCC3CCCO3)c(F)c2)cc1. The molecule has 0 bridgehead atoms. The van der Waals surface area contributed by atoms with E-state index < -0.39 is 17.6 Å². The fourth-order valence-electron chi connectivity index (χ4n) is 2.75. The van der Waals surface area contributed by atoms with E-state index in [-0.39, 0.29) is 6.10 Å². The molecule has 1 heterocycles. The zero-order valence-corrected chi connectivity index (χ0v) is 14.1. The van der Waals surface area contributed by atoms with Crippen LogP contribution < -0.4 is 16.4 Å². The molecule has 0 aliphatic carbocycles. The van der Waals surface area contributed by atoms with Gasteiger partial charge in [0.05, 0.1) is 11.8 Å². The van der Waals surface area contributed by atoms with Crippen molar-refractivity contribution in [3.05, 3.63) is 59.4 Å². The summed E-state index contributed by atoms with van der Waals surface area (Å²) in [5.41, 5.74) is 6.53. The van der Waals surface area contributed by atoms with Gasteiger partial charge in [-0.2, -0.15) is 0 Å². The van der Waals surface area contributed by atoms with Crippen LogP contribution in [0.1, 0.15) is 33.6 Å². The number of hydrogen-bond donors (Lipinski definition) is 3. The van der Waals surface area contributed by atoms with E-state index >= 15 is 0 Å². The normalized spacial score (nSPS) is 16.3. The lowest BCUT2D eigenvalue weighted by atomic mass is 10.1. The van der Waals surface area contributed by atoms with Crippen molar-refractivity contribution in [1.82, 2.24) is 0 Å². The lowest BCUT2D eigenvalue weighted by Crippen LogP contribution is -2.19. The predicted molar refractivity (Wildman–Crippen MR) is 96.8 cm³/mol. The highest BCUT2D eigenvalue weighted by Gasteiger charge is 2.16. The van der Waals surface area contributed by atoms with Crippen LogP contribution in [0.25, 0.3) is 0 Å². The molecule has 2 aromatic rings. The molecule has 2 amide bonds. The number of ether oxygens (including phenoxy) is 1. The summed E-state index contributed by atoms with van der Waals surface area (Å²) in [7, 11) is 0. The smallest absolute Gasteiger partial charge is 0.255 e. The molecule has 1 atom stereocenters. The Balaban J connectivity index is 1.61. The number of hydrogen-bond acceptors (Lipinski definition) is 4. The molecule has 0 radical (unpaired) electrons. The summed E-state index contributed by atoms with van der Waals surface area (Å²) in [4.78, 5) is 23.3. The Hall–Kier alpha value is -2.93. The predicted octanol–water partition coefficient (Wildman–Crippen LogP) is 2.77. The lowest BCUT2D eigenvalue weighted by Gasteiger charge is -2.13. The van der Waals surface area contributed by atoms with Gasteiger partial charge < -0.3 is 21.1 Å². The Morgan fingerprint density at radius 1 is 1.15 bits per heavy atom. The molecule has 0 saturated carbocycles. The third-order valence-electron chi connectivity index (χ3n) is 4.20. The van der Waals surface area contributed by atoms with Gasteiger partial charge in [0, 0.05) is 30.0 Å². The Labute approximate surface area is 150 Å². The maximum absolute atomic E-state index is 14.2. The van der Waals surface area contributed by atoms with E-state index in [0.717, 1.165) is 19.4 Å². The first-order chi connectivity index (χ1) is 12.5. The molecular weight excluding hydrogens is 337 g/mol. The average Bonchev–Trinajstić information content (AvgIpc) is 3.14. The van der Waals surface area contributed by atoms with Crippen molar-refractivity contribution in [2.24, 2.45) is 5.73 Å². The van der Waals surface area contributed by atoms with Gasteiger partial charge in [0.15, 0.2) is 0 Å². The number of nitrogens with one attached hydrogen (secondary N) is 2. The Morgan fingerprint density at radius 2 is 1.88 bits per heavy atom. The molecule has 7 heteroatoms. The Bertz CT molecular complexity index is 802. The van der Waals surface area contributed by atoms with Gasteiger partial charge in [0.25, 0.3) is 5.91 Å². The molecule has 4 N–H and O–H groups in total. The minimum atomic E-state index is -0.565. The Morgan fingerprint density at radius 3 is 2.50 bits per heavy atom. The molecule has 2 aromatic carbocycles. The number of anilines is 2. The van der Waals surface area contributed by atoms with Crippen LogP contribution in [0.15, 0.2) is 42.5 Å². The molecule has 0 spiro atoms. The van der Waals surface area contributed by atoms with Gasteiger partial charge in [-0.05, 0) is 55.3 Å². The number of nitrogens with two attached hydrogens (primary N) is 1. The third-order valence-corrected chi connectivity index (χ3v) is 4.20. The highest BCUT2D eigenvalue weighted by molar-refractivity contribution is 6.05. The van der Waals surface area contributed by atoms with Crippen LogP contribution >= 0.6 is 0 Å². The van der Waals surface area contributed by atoms with Crippen molar-refractivity contribution in [3.63, 3.8) is 0 Å². The molecule has 26 heavy (non-hydrogen) atoms. The van der Waals surface area contributed by atoms with Crippen molar-refractivity contribution >= 4 is 23.2 Å². The molecule has 1 aliphatic rings. The average molecular weight is 357 g/mol. The fraction of sp³-hybridized carbons (Fsp3) is 0.263. The van der Waals surface area contributed by atoms with Gasteiger partial charge in [-0.25, -0.2) is 4.39 Å². The van der Waals surface area contributed by atoms with Crippen LogP contribution in [0.4, 0.5) is 15.8 Å². The highest BCUT2D eigenvalue weighted by Crippen LogP contribution is 2.21. The van der Waals surface area contributed by atoms with Gasteiger partial charge in [-0.3, -0.25) is 9.59 Å². The van der Waals surface area contributed by atoms with E-state index in [0.29, 0.717) is 29.0 Å². The van der Waals surface area contributed by atoms with E-state index in [1.54, 1.807) is 12.1 Å². The van der Waals surface area contributed by atoms with Gasteiger partial charge in [-0.1, -0.05) is 0 Å². The van der Waals surface area contributed by atoms with E-state index in [9.17, 15) is 14.0 Å². The van der Waals surface area contributed by atoms with Gasteiger partial charge in [-0.15, -0.1) is 0 Å². The summed E-state index contributed by atoms with van der Waals surface area (Å²) in [5.74, 6) is -1.42. The molecule has 3 rings (SSSR count). The minimum absolute atomic E-state index is 0.108. The van der Waals surface area contributed by atoms with Crippen LogP contribution in [0.2, 0.25) is 0 Å². The number of primary amides is 1. The van der Waals surface area contributed by atoms with Crippen molar-refractivity contribution in [2.45, 2.75) is 18.9 Å². The summed E-state index contributed by atoms with van der Waals surface area (Å²) < 4.78 is 19.7. The van der Waals surface area contributed by atoms with Crippen LogP contribution in [-0.4, -0.2) is 31.1 Å². The quantitative estimate of drug-likeness (QED) is 0.741. The molecule has 1 fully saturated rings. The zero-order valence-electron chi connectivity index (χ0n) is 14.1. The molecule has 1 aliphatic heterocycles. The van der Waals surface area contributed by atoms with Crippen molar-refractivity contribution < 1.29 is 18.7 Å². The molecule has 1 saturated heterocycles. The second kappa shape index (κ2) is 7.97. The standard InChI is InChI=1S/C19H20FN3O3/c20-16-10-14(7-8-17(16)22-11-15-2-1-9-26-15)23-19(25)13-5-3-12(4-6-13)18(21)24/h3-8,10,15,22H,1-2,9,11H2,(H2,21,24)(H,23,25). The van der Waals surface area contributed by atoms with E-state index in [1.807, 2.05) is 0 Å². The molecule has 0 aromatic heterocycles. The zero-order chi connectivity index (χ0) is 18.5. The fourth-order valence-corrected chi connectivity index (χ4v) is 2.75. The minimum Gasteiger partial charge on any atom is -0.380 e. The van der Waals surface area contributed by atoms with Gasteiger partial charge in [0.2, 0.25) is 5.91 Å². The topological polar surface area (TPSA) is 93.5 Å². The first kappa shape index (κ1) is 17.9. The highest BCUT2D eigenvalue weighted by atomic mass is 19.1. The van der Waals surface area contributed by atoms with Crippen LogP contribution in [0.3, 0.4) is 0 Å². The number of halogens is 1. The summed E-state index contributed by atoms with van der Waals surface area (Å²) in [6.45, 7) is 1.30. The van der Waals surface area contributed by atoms with Crippen LogP contribution in [0, 0.1) is 5.82 Å². The van der Waals surface area contributed by atoms with E-state index in [1.165, 1.54) is 30.3 Å². The summed E-state index contributed by atoms with van der Waals surface area (Å²) in [6.07, 6.45) is 2.11. The molecule has 136 valence electrons. The van der Waals surface area contributed by atoms with Gasteiger partial charge >= 0.3 is 0 Å². The number of amides is 2. The second-order valence-electron chi connectivity index (χ2n) is 6.11. The number of benzene rings is 2. The summed E-state index contributed by atoms with van der Waals surface area (Å²) in [5, 5.41) is 5.65. The maximum Gasteiger partial charge on any atom is 0.255 e. The molecule has 1 unspecified atom stereocenters. The monoisotopic (exact) mass is 357 g/mol. The van der Waals surface area contributed by atoms with E-state index in [2.05, 4.69) is 10.6 Å². The molecular formula is C19H20FN3O3. The maximum atomic E-state index is 14.2. The number of rotatable bonds is 6. The lowest BCUT2D eigenvalue weighted by molar-refractivity contribution is 0.0995. The van der Waals surface area contributed by atoms with Crippen LogP contribution in [0.5, 0.6) is 0 Å². The largest absolute Gasteiger partial charge is 0.380 e. The third kappa shape index (κ3) is 4.37. The number of carbonyl (C=O) groups is 2. The first-order valence-electron chi connectivity index (χ1n) is 8.39. The Kier molecular flexibility index (Phi) is 5.48. The van der Waals surface area contributed by atoms with Crippen LogP contribution in [-0.2, 0) is 4.74 Å². The van der Waals surface area contributed by atoms with Crippen molar-refractivity contribution in [3.8, 4) is 0 Å². The van der Waals surface area contributed by atoms with Crippen molar-refractivity contribution in [2.75, 3.05) is 23.8 Å².